The van der Waals surface area contributed by atoms with Gasteiger partial charge in [0.2, 0.25) is 0 Å². The normalized spacial score (nSPS) is 1.00. The Hall–Kier alpha value is 1.53. The van der Waals surface area contributed by atoms with Crippen molar-refractivity contribution in [1.82, 2.24) is 0 Å². The maximum absolute atomic E-state index is 3.78. The van der Waals surface area contributed by atoms with Gasteiger partial charge in [-0.3, -0.25) is 0 Å². The van der Waals surface area contributed by atoms with Crippen LogP contribution in [0.25, 0.3) is 0 Å². The molecule has 0 unspecified atom stereocenters. The fraction of sp³-hybridized carbons (Fsp3) is 0. The second-order valence-electron chi connectivity index (χ2n) is 0. The van der Waals surface area contributed by atoms with E-state index in [0.29, 0.717) is 0 Å². The first-order valence-corrected chi connectivity index (χ1v) is 1.64. The maximum Gasteiger partial charge on any atom is 0.0464 e. The molecular formula is FeNiPS. The second-order valence-corrected chi connectivity index (χ2v) is 0. The summed E-state index contributed by atoms with van der Waals surface area (Å²) in [4.78, 5) is 0. The van der Waals surface area contributed by atoms with Crippen LogP contribution >= 0.6 is 8.02 Å². The smallest absolute Gasteiger partial charge is 0.0464 e. The van der Waals surface area contributed by atoms with Crippen molar-refractivity contribution in [2.75, 3.05) is 0 Å². The first-order chi connectivity index (χ1) is 1.00. The molecule has 0 aliphatic carbocycles. The van der Waals surface area contributed by atoms with Gasteiger partial charge in [-0.25, -0.2) is 0 Å². The monoisotopic (exact) mass is 177 g/mol. The molecule has 0 spiro atoms. The van der Waals surface area contributed by atoms with Crippen LogP contribution in [0.4, 0.5) is 0 Å². The molecule has 0 nitrogen and oxygen atoms in total. The van der Waals surface area contributed by atoms with E-state index in [1.54, 1.807) is 0 Å². The van der Waals surface area contributed by atoms with Gasteiger partial charge < -0.3 is 0 Å². The molecule has 0 aromatic heterocycles. The van der Waals surface area contributed by atoms with Crippen LogP contribution < -0.4 is 0 Å². The Morgan fingerprint density at radius 3 is 1.25 bits per heavy atom. The topological polar surface area (TPSA) is 0 Å². The van der Waals surface area contributed by atoms with E-state index in [-0.39, 0.29) is 33.6 Å². The standard InChI is InChI=1S/Fe.Ni.PS/c;;1-2. The van der Waals surface area contributed by atoms with Crippen LogP contribution in [0, 0.1) is 0 Å². The summed E-state index contributed by atoms with van der Waals surface area (Å²) in [5, 5.41) is 0. The van der Waals surface area contributed by atoms with Crippen molar-refractivity contribution in [3.8, 4) is 0 Å². The van der Waals surface area contributed by atoms with Gasteiger partial charge in [-0.1, -0.05) is 0 Å². The van der Waals surface area contributed by atoms with Crippen molar-refractivity contribution < 1.29 is 33.6 Å². The van der Waals surface area contributed by atoms with E-state index in [2.05, 4.69) is 19.8 Å². The zero-order valence-corrected chi connectivity index (χ0v) is 5.33. The molecule has 0 amide bonds. The summed E-state index contributed by atoms with van der Waals surface area (Å²) in [5.74, 6) is 0. The summed E-state index contributed by atoms with van der Waals surface area (Å²) < 4.78 is 0. The molecule has 0 atom stereocenters. The molecule has 0 saturated heterocycles. The molecule has 4 heavy (non-hydrogen) atoms. The van der Waals surface area contributed by atoms with Crippen molar-refractivity contribution in [3.63, 3.8) is 0 Å². The molecule has 0 fully saturated rings. The van der Waals surface area contributed by atoms with Crippen LogP contribution in [0.5, 0.6) is 0 Å². The quantitative estimate of drug-likeness (QED) is 0.391. The molecule has 0 saturated carbocycles. The molecule has 0 rings (SSSR count). The molecule has 0 aromatic carbocycles. The van der Waals surface area contributed by atoms with Crippen LogP contribution in [0.2, 0.25) is 0 Å². The van der Waals surface area contributed by atoms with Gasteiger partial charge in [-0.15, -0.1) is 0 Å². The third kappa shape index (κ3) is 9.65. The fourth-order valence-corrected chi connectivity index (χ4v) is 0. The minimum absolute atomic E-state index is 0. The van der Waals surface area contributed by atoms with E-state index < -0.39 is 0 Å². The first kappa shape index (κ1) is 17.7. The minimum atomic E-state index is 0. The van der Waals surface area contributed by atoms with Crippen LogP contribution in [-0.2, 0) is 45.4 Å². The third-order valence-corrected chi connectivity index (χ3v) is 0. The predicted molar refractivity (Wildman–Crippen MR) is 14.3 cm³/mol. The van der Waals surface area contributed by atoms with E-state index in [1.165, 1.54) is 0 Å². The summed E-state index contributed by atoms with van der Waals surface area (Å²) >= 11 is 3.78. The van der Waals surface area contributed by atoms with Crippen LogP contribution in [0.1, 0.15) is 0 Å². The number of rotatable bonds is 0. The molecule has 0 bridgehead atoms. The van der Waals surface area contributed by atoms with Crippen molar-refractivity contribution in [1.29, 1.82) is 0 Å². The average molecular weight is 178 g/mol. The molecular weight excluding hydrogens is 178 g/mol. The minimum Gasteiger partial charge on any atom is -0.0464 e. The summed E-state index contributed by atoms with van der Waals surface area (Å²) in [7, 11) is 3.11. The van der Waals surface area contributed by atoms with E-state index in [4.69, 9.17) is 0 Å². The Kier molecular flexibility index (Phi) is 107. The van der Waals surface area contributed by atoms with E-state index >= 15 is 0 Å². The summed E-state index contributed by atoms with van der Waals surface area (Å²) in [6.07, 6.45) is 0. The molecule has 0 aliphatic rings. The Morgan fingerprint density at radius 2 is 1.25 bits per heavy atom. The fourth-order valence-electron chi connectivity index (χ4n) is 0. The van der Waals surface area contributed by atoms with Crippen LogP contribution in [0.15, 0.2) is 0 Å². The molecule has 0 aromatic rings. The van der Waals surface area contributed by atoms with Gasteiger partial charge in [0.15, 0.2) is 0 Å². The van der Waals surface area contributed by atoms with Gasteiger partial charge in [0.05, 0.1) is 0 Å². The van der Waals surface area contributed by atoms with Gasteiger partial charge in [0.25, 0.3) is 0 Å². The van der Waals surface area contributed by atoms with Crippen LogP contribution in [0.3, 0.4) is 0 Å². The van der Waals surface area contributed by atoms with Crippen LogP contribution in [-0.4, -0.2) is 0 Å². The first-order valence-electron chi connectivity index (χ1n) is 0.183. The second kappa shape index (κ2) is 24.1. The van der Waals surface area contributed by atoms with E-state index in [0.717, 1.165) is 0 Å². The van der Waals surface area contributed by atoms with Crippen molar-refractivity contribution >= 4 is 19.8 Å². The maximum atomic E-state index is 3.78. The zero-order chi connectivity index (χ0) is 2.00. The largest absolute Gasteiger partial charge is 0.0464 e. The number of hydrogen-bond acceptors (Lipinski definition) is 1. The third-order valence-electron chi connectivity index (χ3n) is 0. The van der Waals surface area contributed by atoms with Crippen molar-refractivity contribution in [2.45, 2.75) is 0 Å². The molecule has 0 aliphatic heterocycles. The van der Waals surface area contributed by atoms with E-state index in [9.17, 15) is 0 Å². The predicted octanol–water partition coefficient (Wildman–Crippen LogP) is 0.854. The number of hydrogen-bond donors (Lipinski definition) is 0. The Labute approximate surface area is 53.4 Å². The van der Waals surface area contributed by atoms with Crippen molar-refractivity contribution in [2.24, 2.45) is 0 Å². The molecule has 0 N–H and O–H groups in total. The molecule has 4 heteroatoms. The summed E-state index contributed by atoms with van der Waals surface area (Å²) in [5.41, 5.74) is 0. The molecule has 29 valence electrons. The summed E-state index contributed by atoms with van der Waals surface area (Å²) in [6.45, 7) is 0. The Morgan fingerprint density at radius 1 is 1.25 bits per heavy atom. The Balaban J connectivity index is -0.00000000500. The summed E-state index contributed by atoms with van der Waals surface area (Å²) in [6, 6.07) is 0. The van der Waals surface area contributed by atoms with Crippen molar-refractivity contribution in [3.05, 3.63) is 0 Å². The van der Waals surface area contributed by atoms with Gasteiger partial charge in [0.1, 0.15) is 0 Å². The SMILES string of the molecule is [Fe].[Ni].[P]=S. The van der Waals surface area contributed by atoms with Gasteiger partial charge in [0, 0.05) is 41.6 Å². The van der Waals surface area contributed by atoms with Gasteiger partial charge >= 0.3 is 0 Å². The zero-order valence-electron chi connectivity index (χ0n) is 1.53. The van der Waals surface area contributed by atoms with Gasteiger partial charge in [-0.05, 0) is 11.8 Å². The van der Waals surface area contributed by atoms with E-state index in [1.807, 2.05) is 0 Å². The molecule has 1 radical (unpaired) electrons. The average Bonchev–Trinajstić information content (AvgIpc) is 1.00. The Bertz CT molecular complexity index is 8.00. The molecule has 0 heterocycles. The van der Waals surface area contributed by atoms with Gasteiger partial charge in [-0.2, -0.15) is 0 Å².